The van der Waals surface area contributed by atoms with Crippen LogP contribution in [0.2, 0.25) is 0 Å². The van der Waals surface area contributed by atoms with Crippen LogP contribution in [0.1, 0.15) is 5.01 Å². The Morgan fingerprint density at radius 3 is 2.77 bits per heavy atom. The molecule has 0 aliphatic carbocycles. The molecule has 0 bridgehead atoms. The smallest absolute Gasteiger partial charge is 0.311 e. The Hall–Kier alpha value is -3.32. The van der Waals surface area contributed by atoms with Gasteiger partial charge in [0.15, 0.2) is 0 Å². The lowest BCUT2D eigenvalue weighted by atomic mass is 10.0. The molecule has 0 saturated heterocycles. The van der Waals surface area contributed by atoms with Crippen molar-refractivity contribution in [2.24, 2.45) is 0 Å². The Morgan fingerprint density at radius 2 is 1.92 bits per heavy atom. The Balaban J connectivity index is 1.69. The second-order valence-corrected chi connectivity index (χ2v) is 6.98. The number of nitrogens with one attached hydrogen (secondary N) is 1. The summed E-state index contributed by atoms with van der Waals surface area (Å²) in [5, 5.41) is 15.2. The summed E-state index contributed by atoms with van der Waals surface area (Å²) < 4.78 is 1.14. The average molecular weight is 362 g/mol. The fraction of sp³-hybridized carbons (Fsp3) is 0.0526. The number of hydrogen-bond donors (Lipinski definition) is 1. The number of fused-ring (bicyclic) bond motifs is 1. The Bertz CT molecular complexity index is 1120. The van der Waals surface area contributed by atoms with Gasteiger partial charge in [-0.3, -0.25) is 10.1 Å². The maximum Gasteiger partial charge on any atom is 0.311 e. The van der Waals surface area contributed by atoms with Gasteiger partial charge in [-0.1, -0.05) is 18.2 Å². The first-order chi connectivity index (χ1) is 12.6. The zero-order chi connectivity index (χ0) is 18.1. The lowest BCUT2D eigenvalue weighted by molar-refractivity contribution is -0.384. The fourth-order valence-electron chi connectivity index (χ4n) is 2.77. The minimum absolute atomic E-state index is 0.0561. The van der Waals surface area contributed by atoms with Gasteiger partial charge < -0.3 is 5.32 Å². The molecule has 0 spiro atoms. The van der Waals surface area contributed by atoms with Gasteiger partial charge in [-0.25, -0.2) is 9.97 Å². The topological polar surface area (TPSA) is 81.0 Å². The molecule has 0 unspecified atom stereocenters. The molecule has 128 valence electrons. The third kappa shape index (κ3) is 3.12. The van der Waals surface area contributed by atoms with E-state index in [0.717, 1.165) is 32.0 Å². The summed E-state index contributed by atoms with van der Waals surface area (Å²) in [5.41, 5.74) is 3.76. The predicted octanol–water partition coefficient (Wildman–Crippen LogP) is 5.32. The molecular formula is C19H14N4O2S. The van der Waals surface area contributed by atoms with E-state index in [-0.39, 0.29) is 11.5 Å². The molecule has 1 N–H and O–H groups in total. The zero-order valence-corrected chi connectivity index (χ0v) is 14.7. The van der Waals surface area contributed by atoms with Crippen molar-refractivity contribution in [1.82, 2.24) is 9.97 Å². The van der Waals surface area contributed by atoms with E-state index in [1.54, 1.807) is 17.4 Å². The molecule has 6 nitrogen and oxygen atoms in total. The van der Waals surface area contributed by atoms with Crippen molar-refractivity contribution < 1.29 is 4.92 Å². The molecule has 7 heteroatoms. The van der Waals surface area contributed by atoms with Gasteiger partial charge in [-0.15, -0.1) is 11.3 Å². The molecule has 0 saturated carbocycles. The van der Waals surface area contributed by atoms with Gasteiger partial charge in [0.1, 0.15) is 0 Å². The largest absolute Gasteiger partial charge is 0.334 e. The van der Waals surface area contributed by atoms with Crippen LogP contribution < -0.4 is 5.32 Å². The first kappa shape index (κ1) is 16.2. The number of anilines is 2. The quantitative estimate of drug-likeness (QED) is 0.392. The van der Waals surface area contributed by atoms with Gasteiger partial charge in [-0.2, -0.15) is 0 Å². The van der Waals surface area contributed by atoms with E-state index in [1.807, 2.05) is 43.3 Å². The second-order valence-electron chi connectivity index (χ2n) is 5.75. The summed E-state index contributed by atoms with van der Waals surface area (Å²) in [7, 11) is 0. The van der Waals surface area contributed by atoms with Gasteiger partial charge in [0, 0.05) is 18.0 Å². The van der Waals surface area contributed by atoms with Crippen molar-refractivity contribution >= 4 is 38.7 Å². The van der Waals surface area contributed by atoms with Crippen molar-refractivity contribution in [2.75, 3.05) is 5.32 Å². The summed E-state index contributed by atoms with van der Waals surface area (Å²) in [6.07, 6.45) is 1.53. The van der Waals surface area contributed by atoms with E-state index >= 15 is 0 Å². The van der Waals surface area contributed by atoms with E-state index < -0.39 is 4.92 Å². The number of thiazole rings is 1. The zero-order valence-electron chi connectivity index (χ0n) is 13.8. The highest BCUT2D eigenvalue weighted by Crippen LogP contribution is 2.31. The van der Waals surface area contributed by atoms with Crippen LogP contribution in [0.25, 0.3) is 21.3 Å². The van der Waals surface area contributed by atoms with Crippen molar-refractivity contribution in [3.63, 3.8) is 0 Å². The molecular weight excluding hydrogens is 348 g/mol. The number of benzene rings is 2. The Morgan fingerprint density at radius 1 is 1.08 bits per heavy atom. The molecule has 0 atom stereocenters. The van der Waals surface area contributed by atoms with Crippen LogP contribution >= 0.6 is 11.3 Å². The van der Waals surface area contributed by atoms with Crippen LogP contribution in [0.3, 0.4) is 0 Å². The first-order valence-electron chi connectivity index (χ1n) is 7.94. The van der Waals surface area contributed by atoms with Gasteiger partial charge in [0.05, 0.1) is 20.1 Å². The van der Waals surface area contributed by atoms with E-state index in [2.05, 4.69) is 21.4 Å². The highest BCUT2D eigenvalue weighted by Gasteiger charge is 2.14. The van der Waals surface area contributed by atoms with Crippen LogP contribution in [0.15, 0.2) is 60.8 Å². The number of pyridine rings is 1. The summed E-state index contributed by atoms with van der Waals surface area (Å²) >= 11 is 1.66. The first-order valence-corrected chi connectivity index (χ1v) is 8.76. The van der Waals surface area contributed by atoms with Crippen LogP contribution in [-0.4, -0.2) is 14.9 Å². The van der Waals surface area contributed by atoms with Crippen molar-refractivity contribution in [2.45, 2.75) is 6.92 Å². The van der Waals surface area contributed by atoms with Crippen LogP contribution in [-0.2, 0) is 0 Å². The molecule has 0 aliphatic rings. The molecule has 0 radical (unpaired) electrons. The molecule has 0 fully saturated rings. The summed E-state index contributed by atoms with van der Waals surface area (Å²) in [4.78, 5) is 19.3. The molecule has 4 rings (SSSR count). The summed E-state index contributed by atoms with van der Waals surface area (Å²) in [6, 6.07) is 16.9. The summed E-state index contributed by atoms with van der Waals surface area (Å²) in [5.74, 6) is 0.225. The number of nitrogens with zero attached hydrogens (tertiary/aromatic N) is 3. The number of rotatable bonds is 4. The molecule has 0 aliphatic heterocycles. The minimum Gasteiger partial charge on any atom is -0.334 e. The third-order valence-corrected chi connectivity index (χ3v) is 4.87. The SMILES string of the molecule is Cc1nc2ccc(-c3cccc(Nc4ncccc4[N+](=O)[O-])c3)cc2s1. The highest BCUT2D eigenvalue weighted by atomic mass is 32.1. The molecule has 26 heavy (non-hydrogen) atoms. The van der Waals surface area contributed by atoms with Crippen LogP contribution in [0.5, 0.6) is 0 Å². The predicted molar refractivity (Wildman–Crippen MR) is 104 cm³/mol. The van der Waals surface area contributed by atoms with Gasteiger partial charge in [-0.05, 0) is 48.4 Å². The van der Waals surface area contributed by atoms with E-state index in [0.29, 0.717) is 0 Å². The second kappa shape index (κ2) is 6.53. The van der Waals surface area contributed by atoms with Gasteiger partial charge >= 0.3 is 5.69 Å². The normalized spacial score (nSPS) is 10.8. The van der Waals surface area contributed by atoms with E-state index in [4.69, 9.17) is 0 Å². The number of nitro groups is 1. The number of hydrogen-bond acceptors (Lipinski definition) is 6. The van der Waals surface area contributed by atoms with Crippen molar-refractivity contribution in [1.29, 1.82) is 0 Å². The minimum atomic E-state index is -0.445. The lowest BCUT2D eigenvalue weighted by Gasteiger charge is -2.08. The molecule has 2 aromatic heterocycles. The van der Waals surface area contributed by atoms with E-state index in [1.165, 1.54) is 12.3 Å². The monoisotopic (exact) mass is 362 g/mol. The maximum atomic E-state index is 11.1. The number of aromatic nitrogens is 2. The Kier molecular flexibility index (Phi) is 4.06. The fourth-order valence-corrected chi connectivity index (χ4v) is 3.64. The summed E-state index contributed by atoms with van der Waals surface area (Å²) in [6.45, 7) is 1.99. The molecule has 0 amide bonds. The molecule has 2 aromatic carbocycles. The molecule has 2 heterocycles. The number of aryl methyl sites for hydroxylation is 1. The van der Waals surface area contributed by atoms with Crippen molar-refractivity contribution in [3.05, 3.63) is 75.9 Å². The van der Waals surface area contributed by atoms with E-state index in [9.17, 15) is 10.1 Å². The third-order valence-electron chi connectivity index (χ3n) is 3.94. The average Bonchev–Trinajstić information content (AvgIpc) is 3.01. The van der Waals surface area contributed by atoms with Crippen molar-refractivity contribution in [3.8, 4) is 11.1 Å². The van der Waals surface area contributed by atoms with Crippen LogP contribution in [0.4, 0.5) is 17.2 Å². The lowest BCUT2D eigenvalue weighted by Crippen LogP contribution is -1.99. The maximum absolute atomic E-state index is 11.1. The standard InChI is InChI=1S/C19H14N4O2S/c1-12-21-16-8-7-14(11-18(16)26-12)13-4-2-5-15(10-13)22-19-17(23(24)25)6-3-9-20-19/h2-11H,1H3,(H,20,22). The highest BCUT2D eigenvalue weighted by molar-refractivity contribution is 7.18. The molecule has 4 aromatic rings. The Labute approximate surface area is 153 Å². The van der Waals surface area contributed by atoms with Gasteiger partial charge in [0.2, 0.25) is 5.82 Å². The van der Waals surface area contributed by atoms with Gasteiger partial charge in [0.25, 0.3) is 0 Å². The van der Waals surface area contributed by atoms with Crippen LogP contribution in [0, 0.1) is 17.0 Å².